The molecule has 0 radical (unpaired) electrons. The van der Waals surface area contributed by atoms with E-state index in [1.54, 1.807) is 4.57 Å². The molecule has 0 aliphatic carbocycles. The van der Waals surface area contributed by atoms with Crippen molar-refractivity contribution >= 4 is 33.4 Å². The second-order valence-corrected chi connectivity index (χ2v) is 5.32. The van der Waals surface area contributed by atoms with Gasteiger partial charge in [-0.05, 0) is 12.1 Å². The lowest BCUT2D eigenvalue weighted by molar-refractivity contribution is -0.141. The summed E-state index contributed by atoms with van der Waals surface area (Å²) < 4.78 is 12.0. The first-order chi connectivity index (χ1) is 10.7. The summed E-state index contributed by atoms with van der Waals surface area (Å²) >= 11 is 1.31. The maximum absolute atomic E-state index is 12.0. The zero-order valence-corrected chi connectivity index (χ0v) is 12.4. The van der Waals surface area contributed by atoms with Crippen LogP contribution in [0.25, 0.3) is 10.2 Å². The van der Waals surface area contributed by atoms with Crippen LogP contribution in [-0.2, 0) is 16.1 Å². The number of nitrogens with zero attached hydrogens (tertiary/aromatic N) is 3. The third-order valence-corrected chi connectivity index (χ3v) is 4.01. The zero-order valence-electron chi connectivity index (χ0n) is 11.6. The molecule has 22 heavy (non-hydrogen) atoms. The standard InChI is InChI=1S/C14H11N3O4S/c1-20-12(18)8-17-9-4-2-3-5-11(9)22-14(17)16-13(19)10-6-7-15-21-10/h2-7H,8H2,1H3. The summed E-state index contributed by atoms with van der Waals surface area (Å²) in [6, 6.07) is 8.91. The number of rotatable bonds is 3. The van der Waals surface area contributed by atoms with E-state index >= 15 is 0 Å². The number of para-hydroxylation sites is 1. The number of benzene rings is 1. The van der Waals surface area contributed by atoms with Gasteiger partial charge in [-0.15, -0.1) is 0 Å². The van der Waals surface area contributed by atoms with Crippen LogP contribution in [0.4, 0.5) is 0 Å². The van der Waals surface area contributed by atoms with Crippen LogP contribution in [0.2, 0.25) is 0 Å². The van der Waals surface area contributed by atoms with Gasteiger partial charge >= 0.3 is 11.9 Å². The zero-order chi connectivity index (χ0) is 15.5. The highest BCUT2D eigenvalue weighted by atomic mass is 32.1. The van der Waals surface area contributed by atoms with Crippen LogP contribution >= 0.6 is 11.3 Å². The van der Waals surface area contributed by atoms with Gasteiger partial charge in [-0.1, -0.05) is 28.6 Å². The highest BCUT2D eigenvalue weighted by Gasteiger charge is 2.13. The largest absolute Gasteiger partial charge is 0.468 e. The van der Waals surface area contributed by atoms with Crippen molar-refractivity contribution in [1.82, 2.24) is 9.72 Å². The number of carbonyl (C=O) groups is 2. The Morgan fingerprint density at radius 2 is 2.18 bits per heavy atom. The fourth-order valence-corrected chi connectivity index (χ4v) is 2.95. The van der Waals surface area contributed by atoms with Crippen LogP contribution < -0.4 is 4.80 Å². The number of carbonyl (C=O) groups excluding carboxylic acids is 2. The van der Waals surface area contributed by atoms with E-state index < -0.39 is 11.9 Å². The summed E-state index contributed by atoms with van der Waals surface area (Å²) in [4.78, 5) is 28.1. The van der Waals surface area contributed by atoms with E-state index in [2.05, 4.69) is 10.1 Å². The lowest BCUT2D eigenvalue weighted by Gasteiger charge is -2.02. The van der Waals surface area contributed by atoms with Crippen LogP contribution in [0.15, 0.2) is 46.0 Å². The number of esters is 1. The van der Waals surface area contributed by atoms with Crippen molar-refractivity contribution in [3.63, 3.8) is 0 Å². The van der Waals surface area contributed by atoms with Gasteiger partial charge in [-0.2, -0.15) is 4.99 Å². The van der Waals surface area contributed by atoms with E-state index in [1.165, 1.54) is 30.7 Å². The van der Waals surface area contributed by atoms with Gasteiger partial charge in [0.1, 0.15) is 6.54 Å². The Kier molecular flexibility index (Phi) is 3.84. The number of methoxy groups -OCH3 is 1. The van der Waals surface area contributed by atoms with Gasteiger partial charge in [-0.25, -0.2) is 0 Å². The van der Waals surface area contributed by atoms with E-state index in [0.29, 0.717) is 4.80 Å². The van der Waals surface area contributed by atoms with Crippen molar-refractivity contribution in [2.45, 2.75) is 6.54 Å². The van der Waals surface area contributed by atoms with Crippen molar-refractivity contribution in [2.75, 3.05) is 7.11 Å². The smallest absolute Gasteiger partial charge is 0.325 e. The van der Waals surface area contributed by atoms with E-state index in [4.69, 9.17) is 9.26 Å². The second kappa shape index (κ2) is 5.94. The molecule has 2 aromatic heterocycles. The first-order valence-corrected chi connectivity index (χ1v) is 7.15. The molecule has 0 N–H and O–H groups in total. The molecular weight excluding hydrogens is 306 g/mol. The SMILES string of the molecule is COC(=O)Cn1c(=NC(=O)c2ccno2)sc2ccccc21. The number of hydrogen-bond acceptors (Lipinski definition) is 6. The highest BCUT2D eigenvalue weighted by Crippen LogP contribution is 2.16. The molecule has 1 aromatic carbocycles. The average Bonchev–Trinajstić information content (AvgIpc) is 3.16. The van der Waals surface area contributed by atoms with Gasteiger partial charge in [0, 0.05) is 6.07 Å². The Balaban J connectivity index is 2.13. The van der Waals surface area contributed by atoms with Gasteiger partial charge in [0.05, 0.1) is 23.5 Å². The van der Waals surface area contributed by atoms with Crippen molar-refractivity contribution in [2.24, 2.45) is 4.99 Å². The lowest BCUT2D eigenvalue weighted by atomic mass is 10.3. The minimum Gasteiger partial charge on any atom is -0.468 e. The van der Waals surface area contributed by atoms with Crippen LogP contribution in [-0.4, -0.2) is 28.7 Å². The molecular formula is C14H11N3O4S. The van der Waals surface area contributed by atoms with E-state index in [1.807, 2.05) is 24.3 Å². The molecule has 3 rings (SSSR count). The fourth-order valence-electron chi connectivity index (χ4n) is 1.92. The second-order valence-electron chi connectivity index (χ2n) is 4.31. The molecule has 0 aliphatic rings. The van der Waals surface area contributed by atoms with Crippen LogP contribution in [0.3, 0.4) is 0 Å². The third kappa shape index (κ3) is 2.68. The summed E-state index contributed by atoms with van der Waals surface area (Å²) in [5.74, 6) is -0.929. The highest BCUT2D eigenvalue weighted by molar-refractivity contribution is 7.16. The number of fused-ring (bicyclic) bond motifs is 1. The van der Waals surface area contributed by atoms with E-state index in [9.17, 15) is 9.59 Å². The quantitative estimate of drug-likeness (QED) is 0.685. The maximum atomic E-state index is 12.0. The topological polar surface area (TPSA) is 86.7 Å². The lowest BCUT2D eigenvalue weighted by Crippen LogP contribution is -2.22. The molecule has 0 aliphatic heterocycles. The summed E-state index contributed by atoms with van der Waals surface area (Å²) in [5.41, 5.74) is 0.807. The van der Waals surface area contributed by atoms with Crippen molar-refractivity contribution in [3.8, 4) is 0 Å². The van der Waals surface area contributed by atoms with E-state index in [0.717, 1.165) is 10.2 Å². The average molecular weight is 317 g/mol. The number of ether oxygens (including phenoxy) is 1. The summed E-state index contributed by atoms with van der Waals surface area (Å²) in [7, 11) is 1.31. The number of aromatic nitrogens is 2. The monoisotopic (exact) mass is 317 g/mol. The first kappa shape index (κ1) is 14.2. The van der Waals surface area contributed by atoms with Crippen molar-refractivity contribution in [3.05, 3.63) is 47.1 Å². The van der Waals surface area contributed by atoms with Gasteiger partial charge < -0.3 is 13.8 Å². The summed E-state index contributed by atoms with van der Waals surface area (Å²) in [6.07, 6.45) is 1.37. The first-order valence-electron chi connectivity index (χ1n) is 6.34. The Morgan fingerprint density at radius 1 is 1.36 bits per heavy atom. The molecule has 0 unspecified atom stereocenters. The van der Waals surface area contributed by atoms with Gasteiger partial charge in [-0.3, -0.25) is 9.59 Å². The molecule has 112 valence electrons. The molecule has 7 nitrogen and oxygen atoms in total. The van der Waals surface area contributed by atoms with Gasteiger partial charge in [0.15, 0.2) is 4.80 Å². The molecule has 2 heterocycles. The summed E-state index contributed by atoms with van der Waals surface area (Å²) in [5, 5.41) is 3.48. The van der Waals surface area contributed by atoms with Crippen LogP contribution in [0.1, 0.15) is 10.6 Å². The van der Waals surface area contributed by atoms with Crippen LogP contribution in [0.5, 0.6) is 0 Å². The normalized spacial score (nSPS) is 11.8. The Morgan fingerprint density at radius 3 is 2.91 bits per heavy atom. The van der Waals surface area contributed by atoms with Crippen molar-refractivity contribution < 1.29 is 18.8 Å². The van der Waals surface area contributed by atoms with E-state index in [-0.39, 0.29) is 12.3 Å². The molecule has 0 atom stereocenters. The predicted octanol–water partition coefficient (Wildman–Crippen LogP) is 1.60. The van der Waals surface area contributed by atoms with Crippen molar-refractivity contribution in [1.29, 1.82) is 0 Å². The number of thiazole rings is 1. The molecule has 0 saturated carbocycles. The predicted molar refractivity (Wildman–Crippen MR) is 78.2 cm³/mol. The Labute approximate surface area is 128 Å². The van der Waals surface area contributed by atoms with Gasteiger partial charge in [0.2, 0.25) is 5.76 Å². The Hall–Kier alpha value is -2.74. The molecule has 0 spiro atoms. The van der Waals surface area contributed by atoms with Crippen LogP contribution in [0, 0.1) is 0 Å². The minimum atomic E-state index is -0.553. The molecule has 1 amide bonds. The minimum absolute atomic E-state index is 0.0248. The molecule has 3 aromatic rings. The fraction of sp³-hybridized carbons (Fsp3) is 0.143. The number of hydrogen-bond donors (Lipinski definition) is 0. The molecule has 8 heteroatoms. The molecule has 0 bridgehead atoms. The Bertz CT molecular complexity index is 892. The van der Waals surface area contributed by atoms with Gasteiger partial charge in [0.25, 0.3) is 0 Å². The third-order valence-electron chi connectivity index (χ3n) is 2.95. The summed E-state index contributed by atoms with van der Waals surface area (Å²) in [6.45, 7) is -0.0248. The maximum Gasteiger partial charge on any atom is 0.325 e. The molecule has 0 saturated heterocycles. The number of amides is 1. The molecule has 0 fully saturated rings.